The fraction of sp³-hybridized carbons (Fsp3) is 0.176. The van der Waals surface area contributed by atoms with E-state index in [0.717, 1.165) is 5.56 Å². The molecule has 0 spiro atoms. The average molecular weight is 319 g/mol. The second kappa shape index (κ2) is 7.09. The number of carbonyl (C=O) groups is 2. The third kappa shape index (κ3) is 3.65. The van der Waals surface area contributed by atoms with Gasteiger partial charge in [0.2, 0.25) is 0 Å². The minimum atomic E-state index is -0.605. The second-order valence-electron chi connectivity index (χ2n) is 4.65. The lowest BCUT2D eigenvalue weighted by atomic mass is 10.0. The summed E-state index contributed by atoms with van der Waals surface area (Å²) in [6, 6.07) is 12.4. The van der Waals surface area contributed by atoms with E-state index in [1.165, 1.54) is 26.2 Å². The predicted octanol–water partition coefficient (Wildman–Crippen LogP) is 3.91. The van der Waals surface area contributed by atoms with Gasteiger partial charge in [-0.15, -0.1) is 0 Å². The lowest BCUT2D eigenvalue weighted by Gasteiger charge is -2.12. The van der Waals surface area contributed by atoms with Crippen LogP contribution in [0.15, 0.2) is 42.5 Å². The first kappa shape index (κ1) is 16.0. The summed E-state index contributed by atoms with van der Waals surface area (Å²) in [6.45, 7) is 1.67. The summed E-state index contributed by atoms with van der Waals surface area (Å²) in [6.07, 6.45) is 0. The minimum absolute atomic E-state index is 0.141. The highest BCUT2D eigenvalue weighted by Gasteiger charge is 2.19. The van der Waals surface area contributed by atoms with E-state index in [1.807, 2.05) is 30.3 Å². The second-order valence-corrected chi connectivity index (χ2v) is 5.06. The number of rotatable bonds is 5. The molecule has 2 aromatic carbocycles. The van der Waals surface area contributed by atoms with E-state index in [-0.39, 0.29) is 21.9 Å². The fourth-order valence-corrected chi connectivity index (χ4v) is 2.19. The molecule has 0 aliphatic carbocycles. The van der Waals surface area contributed by atoms with Gasteiger partial charge in [-0.05, 0) is 24.6 Å². The number of benzene rings is 2. The Morgan fingerprint density at radius 3 is 2.36 bits per heavy atom. The molecule has 0 fully saturated rings. The van der Waals surface area contributed by atoms with Gasteiger partial charge in [0.15, 0.2) is 5.78 Å². The topological polar surface area (TPSA) is 52.6 Å². The van der Waals surface area contributed by atoms with Gasteiger partial charge in [0.25, 0.3) is 0 Å². The molecule has 4 nitrogen and oxygen atoms in total. The first-order valence-corrected chi connectivity index (χ1v) is 7.00. The number of Topliss-reactive ketones (excluding diaryl/α,β-unsaturated/α-hetero) is 1. The van der Waals surface area contributed by atoms with Gasteiger partial charge in [-0.3, -0.25) is 4.79 Å². The smallest absolute Gasteiger partial charge is 0.338 e. The molecule has 0 aliphatic rings. The number of methoxy groups -OCH3 is 1. The molecule has 0 saturated carbocycles. The molecule has 0 atom stereocenters. The highest BCUT2D eigenvalue weighted by molar-refractivity contribution is 6.32. The van der Waals surface area contributed by atoms with Gasteiger partial charge in [0, 0.05) is 5.56 Å². The Bertz CT molecular complexity index is 695. The van der Waals surface area contributed by atoms with Crippen molar-refractivity contribution in [3.8, 4) is 5.75 Å². The minimum Gasteiger partial charge on any atom is -0.487 e. The van der Waals surface area contributed by atoms with E-state index in [1.54, 1.807) is 0 Å². The Morgan fingerprint density at radius 1 is 1.09 bits per heavy atom. The Labute approximate surface area is 133 Å². The summed E-state index contributed by atoms with van der Waals surface area (Å²) >= 11 is 6.13. The van der Waals surface area contributed by atoms with Crippen LogP contribution >= 0.6 is 11.6 Å². The van der Waals surface area contributed by atoms with Gasteiger partial charge in [-0.25, -0.2) is 4.79 Å². The van der Waals surface area contributed by atoms with Crippen LogP contribution in [0, 0.1) is 0 Å². The molecule has 114 valence electrons. The molecule has 2 aromatic rings. The highest BCUT2D eigenvalue weighted by atomic mass is 35.5. The van der Waals surface area contributed by atoms with Crippen molar-refractivity contribution in [3.05, 3.63) is 64.2 Å². The van der Waals surface area contributed by atoms with Crippen molar-refractivity contribution in [3.63, 3.8) is 0 Å². The summed E-state index contributed by atoms with van der Waals surface area (Å²) in [4.78, 5) is 23.4. The number of ketones is 1. The molecule has 0 unspecified atom stereocenters. The van der Waals surface area contributed by atoms with Crippen LogP contribution in [-0.4, -0.2) is 18.9 Å². The van der Waals surface area contributed by atoms with Gasteiger partial charge < -0.3 is 9.47 Å². The standard InChI is InChI=1S/C17H15ClO4/c1-11(19)13-8-15(18)16(9-14(13)17(20)21-2)22-10-12-6-4-3-5-7-12/h3-9H,10H2,1-2H3. The number of hydrogen-bond acceptors (Lipinski definition) is 4. The van der Waals surface area contributed by atoms with Crippen molar-refractivity contribution in [1.29, 1.82) is 0 Å². The summed E-state index contributed by atoms with van der Waals surface area (Å²) in [5, 5.41) is 0.272. The van der Waals surface area contributed by atoms with Gasteiger partial charge >= 0.3 is 5.97 Å². The number of carbonyl (C=O) groups excluding carboxylic acids is 2. The van der Waals surface area contributed by atoms with Crippen LogP contribution in [0.3, 0.4) is 0 Å². The largest absolute Gasteiger partial charge is 0.487 e. The maximum Gasteiger partial charge on any atom is 0.338 e. The maximum absolute atomic E-state index is 11.8. The van der Waals surface area contributed by atoms with Crippen LogP contribution in [0.25, 0.3) is 0 Å². The predicted molar refractivity (Wildman–Crippen MR) is 83.6 cm³/mol. The van der Waals surface area contributed by atoms with E-state index in [4.69, 9.17) is 21.1 Å². The molecule has 2 rings (SSSR count). The zero-order valence-electron chi connectivity index (χ0n) is 12.3. The monoisotopic (exact) mass is 318 g/mol. The normalized spacial score (nSPS) is 10.1. The van der Waals surface area contributed by atoms with Gasteiger partial charge in [0.05, 0.1) is 17.7 Å². The summed E-state index contributed by atoms with van der Waals surface area (Å²) in [7, 11) is 1.26. The average Bonchev–Trinajstić information content (AvgIpc) is 2.53. The highest BCUT2D eigenvalue weighted by Crippen LogP contribution is 2.30. The Balaban J connectivity index is 2.32. The SMILES string of the molecule is COC(=O)c1cc(OCc2ccccc2)c(Cl)cc1C(C)=O. The Kier molecular flexibility index (Phi) is 5.17. The van der Waals surface area contributed by atoms with Crippen LogP contribution in [-0.2, 0) is 11.3 Å². The number of esters is 1. The molecule has 0 aliphatic heterocycles. The summed E-state index contributed by atoms with van der Waals surface area (Å²) in [5.41, 5.74) is 1.32. The number of ether oxygens (including phenoxy) is 2. The molecular weight excluding hydrogens is 304 g/mol. The maximum atomic E-state index is 11.8. The summed E-state index contributed by atoms with van der Waals surface area (Å²) in [5.74, 6) is -0.542. The van der Waals surface area contributed by atoms with E-state index in [2.05, 4.69) is 0 Å². The molecule has 0 radical (unpaired) electrons. The molecule has 0 aromatic heterocycles. The van der Waals surface area contributed by atoms with Crippen LogP contribution < -0.4 is 4.74 Å². The van der Waals surface area contributed by atoms with Crippen molar-refractivity contribution in [2.45, 2.75) is 13.5 Å². The Morgan fingerprint density at radius 2 is 1.77 bits per heavy atom. The molecular formula is C17H15ClO4. The molecule has 0 saturated heterocycles. The van der Waals surface area contributed by atoms with Crippen molar-refractivity contribution in [1.82, 2.24) is 0 Å². The van der Waals surface area contributed by atoms with Crippen LogP contribution in [0.5, 0.6) is 5.75 Å². The van der Waals surface area contributed by atoms with Crippen molar-refractivity contribution >= 4 is 23.4 Å². The van der Waals surface area contributed by atoms with E-state index < -0.39 is 5.97 Å². The van der Waals surface area contributed by atoms with E-state index in [9.17, 15) is 9.59 Å². The Hall–Kier alpha value is -2.33. The van der Waals surface area contributed by atoms with Crippen LogP contribution in [0.4, 0.5) is 0 Å². The molecule has 0 N–H and O–H groups in total. The number of halogens is 1. The fourth-order valence-electron chi connectivity index (χ4n) is 1.97. The van der Waals surface area contributed by atoms with Gasteiger partial charge in [0.1, 0.15) is 12.4 Å². The van der Waals surface area contributed by atoms with Crippen molar-refractivity contribution in [2.24, 2.45) is 0 Å². The zero-order valence-corrected chi connectivity index (χ0v) is 13.0. The van der Waals surface area contributed by atoms with Crippen molar-refractivity contribution < 1.29 is 19.1 Å². The van der Waals surface area contributed by atoms with E-state index in [0.29, 0.717) is 12.4 Å². The third-order valence-corrected chi connectivity index (χ3v) is 3.39. The molecule has 0 heterocycles. The van der Waals surface area contributed by atoms with Crippen LogP contribution in [0.2, 0.25) is 5.02 Å². The summed E-state index contributed by atoms with van der Waals surface area (Å²) < 4.78 is 10.3. The number of hydrogen-bond donors (Lipinski definition) is 0. The molecule has 22 heavy (non-hydrogen) atoms. The first-order chi connectivity index (χ1) is 10.5. The molecule has 0 bridgehead atoms. The molecule has 0 amide bonds. The van der Waals surface area contributed by atoms with Crippen molar-refractivity contribution in [2.75, 3.05) is 7.11 Å². The quantitative estimate of drug-likeness (QED) is 0.619. The molecule has 5 heteroatoms. The lowest BCUT2D eigenvalue weighted by Crippen LogP contribution is -2.09. The van der Waals surface area contributed by atoms with Crippen LogP contribution in [0.1, 0.15) is 33.2 Å². The van der Waals surface area contributed by atoms with Gasteiger partial charge in [-0.1, -0.05) is 41.9 Å². The first-order valence-electron chi connectivity index (χ1n) is 6.62. The lowest BCUT2D eigenvalue weighted by molar-refractivity contribution is 0.0596. The van der Waals surface area contributed by atoms with E-state index >= 15 is 0 Å². The third-order valence-electron chi connectivity index (χ3n) is 3.09. The zero-order chi connectivity index (χ0) is 16.1. The van der Waals surface area contributed by atoms with Gasteiger partial charge in [-0.2, -0.15) is 0 Å².